The van der Waals surface area contributed by atoms with Gasteiger partial charge in [-0.25, -0.2) is 9.97 Å². The van der Waals surface area contributed by atoms with Crippen molar-refractivity contribution in [2.75, 3.05) is 31.1 Å². The van der Waals surface area contributed by atoms with Crippen LogP contribution < -0.4 is 10.6 Å². The number of benzene rings is 1. The molecule has 2 atom stereocenters. The van der Waals surface area contributed by atoms with Crippen molar-refractivity contribution in [3.8, 4) is 0 Å². The fourth-order valence-corrected chi connectivity index (χ4v) is 5.54. The molecule has 30 heavy (non-hydrogen) atoms. The van der Waals surface area contributed by atoms with Gasteiger partial charge in [0, 0.05) is 59.8 Å². The molecule has 1 saturated heterocycles. The lowest BCUT2D eigenvalue weighted by Crippen LogP contribution is -2.54. The number of thioether (sulfide) groups is 1. The van der Waals surface area contributed by atoms with Gasteiger partial charge in [0.2, 0.25) is 5.91 Å². The number of hydrogen-bond donors (Lipinski definition) is 2. The predicted molar refractivity (Wildman–Crippen MR) is 121 cm³/mol. The van der Waals surface area contributed by atoms with E-state index in [4.69, 9.17) is 5.73 Å². The lowest BCUT2D eigenvalue weighted by Gasteiger charge is -2.37. The lowest BCUT2D eigenvalue weighted by molar-refractivity contribution is -0.132. The molecule has 3 aromatic rings. The van der Waals surface area contributed by atoms with Crippen molar-refractivity contribution in [1.29, 1.82) is 0 Å². The van der Waals surface area contributed by atoms with Crippen LogP contribution in [0.4, 0.5) is 5.82 Å². The molecular weight excluding hydrogens is 396 g/mol. The highest BCUT2D eigenvalue weighted by molar-refractivity contribution is 7.99. The van der Waals surface area contributed by atoms with Gasteiger partial charge in [0.25, 0.3) is 0 Å². The summed E-state index contributed by atoms with van der Waals surface area (Å²) in [6.45, 7) is 5.09. The number of para-hydroxylation sites is 1. The van der Waals surface area contributed by atoms with Crippen LogP contribution >= 0.6 is 11.8 Å². The summed E-state index contributed by atoms with van der Waals surface area (Å²) in [6.07, 6.45) is 4.17. The van der Waals surface area contributed by atoms with Crippen LogP contribution in [0.5, 0.6) is 0 Å². The minimum atomic E-state index is -0.532. The Labute approximate surface area is 180 Å². The number of anilines is 1. The van der Waals surface area contributed by atoms with E-state index >= 15 is 0 Å². The van der Waals surface area contributed by atoms with E-state index in [0.717, 1.165) is 46.8 Å². The molecule has 0 unspecified atom stereocenters. The van der Waals surface area contributed by atoms with E-state index in [1.54, 1.807) is 6.33 Å². The van der Waals surface area contributed by atoms with E-state index in [0.29, 0.717) is 24.8 Å². The van der Waals surface area contributed by atoms with Crippen molar-refractivity contribution in [3.63, 3.8) is 0 Å². The zero-order valence-electron chi connectivity index (χ0n) is 17.0. The van der Waals surface area contributed by atoms with Gasteiger partial charge in [-0.1, -0.05) is 18.2 Å². The number of carbonyl (C=O) groups is 1. The zero-order chi connectivity index (χ0) is 20.7. The molecule has 1 amide bonds. The Bertz CT molecular complexity index is 1070. The molecule has 156 valence electrons. The highest BCUT2D eigenvalue weighted by atomic mass is 32.2. The van der Waals surface area contributed by atoms with Gasteiger partial charge >= 0.3 is 0 Å². The van der Waals surface area contributed by atoms with Crippen LogP contribution in [0, 0.1) is 0 Å². The molecule has 7 nitrogen and oxygen atoms in total. The van der Waals surface area contributed by atoms with Crippen LogP contribution in [0.2, 0.25) is 0 Å². The molecule has 1 fully saturated rings. The van der Waals surface area contributed by atoms with Gasteiger partial charge in [0.15, 0.2) is 0 Å². The summed E-state index contributed by atoms with van der Waals surface area (Å²) in [4.78, 5) is 29.5. The molecule has 0 radical (unpaired) electrons. The maximum atomic E-state index is 13.0. The average Bonchev–Trinajstić information content (AvgIpc) is 3.37. The monoisotopic (exact) mass is 422 g/mol. The number of carbonyl (C=O) groups excluding carboxylic acids is 1. The Hall–Kier alpha value is -2.58. The van der Waals surface area contributed by atoms with E-state index in [1.807, 2.05) is 41.1 Å². The summed E-state index contributed by atoms with van der Waals surface area (Å²) in [6, 6.07) is 7.58. The normalized spacial score (nSPS) is 19.9. The number of aromatic nitrogens is 3. The van der Waals surface area contributed by atoms with Crippen LogP contribution in [0.25, 0.3) is 10.9 Å². The summed E-state index contributed by atoms with van der Waals surface area (Å²) in [5.41, 5.74) is 10.9. The Morgan fingerprint density at radius 2 is 2.07 bits per heavy atom. The second kappa shape index (κ2) is 7.92. The number of nitrogens with one attached hydrogen (secondary N) is 1. The van der Waals surface area contributed by atoms with Crippen molar-refractivity contribution >= 4 is 34.4 Å². The first-order valence-corrected chi connectivity index (χ1v) is 11.5. The molecule has 5 rings (SSSR count). The number of rotatable bonds is 4. The Morgan fingerprint density at radius 1 is 1.27 bits per heavy atom. The summed E-state index contributed by atoms with van der Waals surface area (Å²) >= 11 is 1.90. The predicted octanol–water partition coefficient (Wildman–Crippen LogP) is 2.48. The van der Waals surface area contributed by atoms with Crippen molar-refractivity contribution in [3.05, 3.63) is 53.6 Å². The zero-order valence-corrected chi connectivity index (χ0v) is 17.9. The molecule has 0 spiro atoms. The number of hydrogen-bond acceptors (Lipinski definition) is 6. The highest BCUT2D eigenvalue weighted by Crippen LogP contribution is 2.44. The molecule has 4 heterocycles. The van der Waals surface area contributed by atoms with Crippen molar-refractivity contribution in [2.24, 2.45) is 5.73 Å². The first-order chi connectivity index (χ1) is 14.6. The number of aromatic amines is 1. The van der Waals surface area contributed by atoms with Gasteiger partial charge in [0.1, 0.15) is 12.1 Å². The number of nitrogens with two attached hydrogens (primary N) is 1. The van der Waals surface area contributed by atoms with Crippen LogP contribution in [-0.2, 0) is 17.0 Å². The average molecular weight is 423 g/mol. The van der Waals surface area contributed by atoms with Crippen molar-refractivity contribution < 1.29 is 4.79 Å². The summed E-state index contributed by atoms with van der Waals surface area (Å²) in [5, 5.41) is 1.55. The van der Waals surface area contributed by atoms with Gasteiger partial charge in [-0.2, -0.15) is 0 Å². The topological polar surface area (TPSA) is 91.1 Å². The van der Waals surface area contributed by atoms with E-state index in [9.17, 15) is 4.79 Å². The molecule has 0 aliphatic carbocycles. The second-order valence-electron chi connectivity index (χ2n) is 7.99. The maximum absolute atomic E-state index is 13.0. The van der Waals surface area contributed by atoms with Gasteiger partial charge in [0.05, 0.1) is 11.7 Å². The summed E-state index contributed by atoms with van der Waals surface area (Å²) < 4.78 is 0. The third-order valence-electron chi connectivity index (χ3n) is 6.14. The molecule has 0 bridgehead atoms. The minimum Gasteiger partial charge on any atom is -0.361 e. The van der Waals surface area contributed by atoms with E-state index in [1.165, 1.54) is 5.56 Å². The smallest absolute Gasteiger partial charge is 0.239 e. The highest BCUT2D eigenvalue weighted by Gasteiger charge is 2.31. The molecule has 3 N–H and O–H groups in total. The third kappa shape index (κ3) is 3.44. The maximum Gasteiger partial charge on any atom is 0.239 e. The SMILES string of the molecule is C[C@@H]1SCc2ncnc(N3CCN(C(=O)[C@H](N)Cc4c[nH]c5ccccc45)CC3)c21. The number of piperazine rings is 1. The standard InChI is InChI=1S/C22H26N6OS/c1-14-20-19(12-30-14)25-13-26-21(20)27-6-8-28(9-7-27)22(29)17(23)10-15-11-24-18-5-3-2-4-16(15)18/h2-5,11,13-14,17,24H,6-10,12,23H2,1H3/t14-,17+/m0/s1. The first-order valence-electron chi connectivity index (χ1n) is 10.4. The molecule has 2 aliphatic rings. The lowest BCUT2D eigenvalue weighted by atomic mass is 10.0. The van der Waals surface area contributed by atoms with Crippen LogP contribution in [-0.4, -0.2) is 58.0 Å². The fourth-order valence-electron chi connectivity index (χ4n) is 4.49. The van der Waals surface area contributed by atoms with Crippen LogP contribution in [0.3, 0.4) is 0 Å². The molecule has 1 aromatic carbocycles. The largest absolute Gasteiger partial charge is 0.361 e. The number of fused-ring (bicyclic) bond motifs is 2. The van der Waals surface area contributed by atoms with Crippen molar-refractivity contribution in [1.82, 2.24) is 19.9 Å². The van der Waals surface area contributed by atoms with Crippen LogP contribution in [0.1, 0.15) is 29.0 Å². The van der Waals surface area contributed by atoms with E-state index in [-0.39, 0.29) is 5.91 Å². The Balaban J connectivity index is 1.24. The Kier molecular flexibility index (Phi) is 5.12. The number of amides is 1. The fraction of sp³-hybridized carbons (Fsp3) is 0.409. The van der Waals surface area contributed by atoms with Crippen molar-refractivity contribution in [2.45, 2.75) is 30.4 Å². The third-order valence-corrected chi connectivity index (χ3v) is 7.32. The molecule has 8 heteroatoms. The summed E-state index contributed by atoms with van der Waals surface area (Å²) in [7, 11) is 0. The minimum absolute atomic E-state index is 0.0248. The molecular formula is C22H26N6OS. The van der Waals surface area contributed by atoms with E-state index < -0.39 is 6.04 Å². The Morgan fingerprint density at radius 3 is 2.90 bits per heavy atom. The second-order valence-corrected chi connectivity index (χ2v) is 9.32. The van der Waals surface area contributed by atoms with Gasteiger partial charge in [-0.3, -0.25) is 4.79 Å². The van der Waals surface area contributed by atoms with Gasteiger partial charge < -0.3 is 20.5 Å². The molecule has 2 aliphatic heterocycles. The first kappa shape index (κ1) is 19.4. The molecule has 2 aromatic heterocycles. The number of H-pyrrole nitrogens is 1. The molecule has 0 saturated carbocycles. The quantitative estimate of drug-likeness (QED) is 0.671. The van der Waals surface area contributed by atoms with Crippen LogP contribution in [0.15, 0.2) is 36.8 Å². The number of nitrogens with zero attached hydrogens (tertiary/aromatic N) is 4. The van der Waals surface area contributed by atoms with Gasteiger partial charge in [-0.15, -0.1) is 11.8 Å². The summed E-state index contributed by atoms with van der Waals surface area (Å²) in [5.74, 6) is 2.01. The van der Waals surface area contributed by atoms with Gasteiger partial charge in [-0.05, 0) is 25.0 Å². The van der Waals surface area contributed by atoms with E-state index in [2.05, 4.69) is 32.8 Å².